The van der Waals surface area contributed by atoms with Crippen LogP contribution in [-0.4, -0.2) is 98.1 Å². The molecule has 0 aromatic heterocycles. The van der Waals surface area contributed by atoms with Crippen molar-refractivity contribution in [2.45, 2.75) is 173 Å². The van der Waals surface area contributed by atoms with Crippen molar-refractivity contribution in [2.75, 3.05) is 5.34 Å². The van der Waals surface area contributed by atoms with Gasteiger partial charge in [0.15, 0.2) is 0 Å². The Kier molecular flexibility index (Phi) is 36.5. The number of cyclic esters (lactones) is 4. The molecule has 4 fully saturated rings. The van der Waals surface area contributed by atoms with Crippen LogP contribution in [0.5, 0.6) is 0 Å². The van der Waals surface area contributed by atoms with Crippen LogP contribution in [0.2, 0.25) is 39.3 Å². The van der Waals surface area contributed by atoms with E-state index >= 15 is 0 Å². The summed E-state index contributed by atoms with van der Waals surface area (Å²) in [7, 11) is -2.21. The fourth-order valence-electron chi connectivity index (χ4n) is 5.71. The molecule has 0 amide bonds. The Morgan fingerprint density at radius 3 is 0.873 bits per heavy atom. The van der Waals surface area contributed by atoms with Crippen LogP contribution < -0.4 is 29.6 Å². The largest absolute Gasteiger partial charge is 1.00 e. The second kappa shape index (κ2) is 31.9. The van der Waals surface area contributed by atoms with Crippen LogP contribution in [-0.2, 0) is 38.1 Å². The number of hydrogen-bond donors (Lipinski definition) is 0. The van der Waals surface area contributed by atoms with Crippen molar-refractivity contribution >= 4 is 174 Å². The minimum absolute atomic E-state index is 0. The topological polar surface area (TPSA) is 119 Å². The maximum atomic E-state index is 13.3. The van der Waals surface area contributed by atoms with E-state index in [9.17, 15) is 36.7 Å². The Morgan fingerprint density at radius 1 is 0.587 bits per heavy atom. The number of carbonyl (C=O) groups excluding carboxylic acids is 4. The van der Waals surface area contributed by atoms with Gasteiger partial charge in [0.05, 0.1) is 5.34 Å². The molecule has 4 rings (SSSR count). The van der Waals surface area contributed by atoms with Crippen molar-refractivity contribution in [3.63, 3.8) is 0 Å². The van der Waals surface area contributed by atoms with Gasteiger partial charge in [-0.25, -0.2) is 36.7 Å². The van der Waals surface area contributed by atoms with E-state index in [1.54, 1.807) is 27.7 Å². The van der Waals surface area contributed by atoms with Gasteiger partial charge in [0.2, 0.25) is 18.8 Å². The minimum Gasteiger partial charge on any atom is -0.668 e. The summed E-state index contributed by atoms with van der Waals surface area (Å²) in [6, 6.07) is 0. The van der Waals surface area contributed by atoms with Crippen molar-refractivity contribution in [3.05, 3.63) is 4.65 Å². The van der Waals surface area contributed by atoms with Gasteiger partial charge in [0, 0.05) is 23.7 Å². The van der Waals surface area contributed by atoms with Crippen LogP contribution in [0.25, 0.3) is 4.65 Å². The van der Waals surface area contributed by atoms with E-state index < -0.39 is 80.2 Å². The summed E-state index contributed by atoms with van der Waals surface area (Å²) < 4.78 is 69.1. The van der Waals surface area contributed by atoms with Crippen LogP contribution in [0.15, 0.2) is 0 Å². The molecule has 0 aromatic rings. The summed E-state index contributed by atoms with van der Waals surface area (Å²) in [5.41, 5.74) is 0. The molecule has 12 atom stereocenters. The smallest absolute Gasteiger partial charge is 0.668 e. The normalized spacial score (nSPS) is 32.2. The summed E-state index contributed by atoms with van der Waals surface area (Å²) in [6.07, 6.45) is -1.06. The van der Waals surface area contributed by atoms with E-state index in [2.05, 4.69) is 103 Å². The second-order valence-corrected chi connectivity index (χ2v) is 35.9. The monoisotopic (exact) mass is 1330 g/mol. The van der Waals surface area contributed by atoms with Gasteiger partial charge in [-0.2, -0.15) is 0 Å². The quantitative estimate of drug-likeness (QED) is 0.0813. The Hall–Kier alpha value is 2.65. The molecule has 4 aliphatic heterocycles. The average Bonchev–Trinajstić information content (AvgIpc) is 3.68. The molecule has 4 aliphatic rings. The van der Waals surface area contributed by atoms with Gasteiger partial charge in [0.25, 0.3) is 9.16 Å². The number of hydrogen-bond acceptors (Lipinski definition) is 8. The van der Waals surface area contributed by atoms with Gasteiger partial charge in [-0.05, 0) is 89.4 Å². The molecule has 4 saturated heterocycles. The molecule has 0 radical (unpaired) electrons. The van der Waals surface area contributed by atoms with Crippen LogP contribution in [0, 0.1) is 23.7 Å². The van der Waals surface area contributed by atoms with Crippen LogP contribution in [0.4, 0.5) is 17.6 Å². The summed E-state index contributed by atoms with van der Waals surface area (Å²) in [5.74, 6) is -4.32. The fraction of sp³-hybridized carbons (Fsp3) is 0.892. The van der Waals surface area contributed by atoms with Gasteiger partial charge >= 0.3 is 53.4 Å². The first-order chi connectivity index (χ1) is 27.7. The molecular formula is C37H62Br4Cl6F4NNaO8Si2. The Balaban J connectivity index is -0.000000327. The van der Waals surface area contributed by atoms with Crippen molar-refractivity contribution < 1.29 is 85.2 Å². The van der Waals surface area contributed by atoms with E-state index in [1.165, 1.54) is 0 Å². The molecule has 0 saturated carbocycles. The van der Waals surface area contributed by atoms with Gasteiger partial charge in [0.1, 0.15) is 24.4 Å². The third-order valence-corrected chi connectivity index (χ3v) is 20.6. The number of rotatable bonds is 7. The first-order valence-electron chi connectivity index (χ1n) is 19.6. The van der Waals surface area contributed by atoms with E-state index in [4.69, 9.17) is 93.2 Å². The van der Waals surface area contributed by atoms with Crippen LogP contribution in [0.3, 0.4) is 0 Å². The second-order valence-electron chi connectivity index (χ2n) is 16.4. The zero-order chi connectivity index (χ0) is 50.2. The molecule has 26 heteroatoms. The third-order valence-electron chi connectivity index (χ3n) is 9.00. The van der Waals surface area contributed by atoms with E-state index in [1.807, 2.05) is 27.7 Å². The Morgan fingerprint density at radius 2 is 0.810 bits per heavy atom. The number of nitrogens with zero attached hydrogens (tertiary/aromatic N) is 1. The zero-order valence-electron chi connectivity index (χ0n) is 38.3. The van der Waals surface area contributed by atoms with Gasteiger partial charge in [-0.1, -0.05) is 158 Å². The van der Waals surface area contributed by atoms with E-state index in [0.29, 0.717) is 25.7 Å². The molecule has 0 N–H and O–H groups in total. The molecule has 0 aromatic carbocycles. The number of alkyl halides is 14. The minimum atomic E-state index is -1.96. The maximum absolute atomic E-state index is 13.3. The Labute approximate surface area is 460 Å². The third kappa shape index (κ3) is 26.6. The van der Waals surface area contributed by atoms with E-state index in [0.717, 1.165) is 0 Å². The first kappa shape index (κ1) is 72.2. The van der Waals surface area contributed by atoms with Crippen molar-refractivity contribution in [1.82, 2.24) is 0 Å². The van der Waals surface area contributed by atoms with E-state index in [-0.39, 0.29) is 71.1 Å². The molecule has 4 heterocycles. The number of esters is 4. The summed E-state index contributed by atoms with van der Waals surface area (Å²) in [6.45, 7) is 28.0. The average molecular weight is 1340 g/mol. The van der Waals surface area contributed by atoms with Gasteiger partial charge < -0.3 is 23.6 Å². The van der Waals surface area contributed by atoms with Crippen molar-refractivity contribution in [2.24, 2.45) is 23.7 Å². The summed E-state index contributed by atoms with van der Waals surface area (Å²) in [4.78, 5) is 42.8. The van der Waals surface area contributed by atoms with Gasteiger partial charge in [-0.3, -0.25) is 0 Å². The number of ether oxygens (including phenoxy) is 4. The Bertz CT molecular complexity index is 1300. The standard InChI is InChI=1S/2C7H10BrFO2.2C7H11FO2.C6H18NSi2.C2Br2Cl4.CH2Cl2.Na/c2*1-3-5-4(2)7(8,9)6(10)11-5;2*1-3-5-4(2)6(8)7(9)10-5;1-8(2,3)7-9(4,5)6;3-1(5,6)2(4,7)8;2-1-3;/h2*4-5H,3H2,1-2H3;2*4-6H,3H2,1-2H3;1-6H3;;1H2;/q;;;;-1;;;+1/t4-,5-,7+;4-,5-,7-;2*4-,5-,6+;;;;/m1111..../s1. The van der Waals surface area contributed by atoms with Crippen molar-refractivity contribution in [3.8, 4) is 0 Å². The van der Waals surface area contributed by atoms with Crippen molar-refractivity contribution in [1.29, 1.82) is 0 Å². The predicted octanol–water partition coefficient (Wildman–Crippen LogP) is 12.1. The van der Waals surface area contributed by atoms with Gasteiger partial charge in [-0.15, -0.1) is 23.2 Å². The molecule has 63 heavy (non-hydrogen) atoms. The molecule has 9 nitrogen and oxygen atoms in total. The summed E-state index contributed by atoms with van der Waals surface area (Å²) >= 11 is 42.1. The number of carbonyl (C=O) groups is 4. The van der Waals surface area contributed by atoms with Crippen LogP contribution >= 0.6 is 133 Å². The SMILES string of the molecule is CC[C@H]1OC(=O)[C@@H](F)[C@@H]1C.CC[C@H]1OC(=O)[C@@H](F)[C@@H]1C.CC[C@H]1OC(=O)[C@@](F)(Br)[C@@H]1C.CC[C@H]1OC(=O)[C@](F)(Br)[C@@H]1C.C[Si](C)(C)[N-][Si](C)(C)C.ClC(Cl)(Br)C(Cl)(Cl)Br.ClCCl.[Na+]. The summed E-state index contributed by atoms with van der Waals surface area (Å²) in [5, 5.41) is 0.194. The molecule has 0 bridgehead atoms. The van der Waals surface area contributed by atoms with Crippen LogP contribution in [0.1, 0.15) is 81.1 Å². The molecule has 0 unspecified atom stereocenters. The molecular weight excluding hydrogens is 1270 g/mol. The number of halogens is 14. The first-order valence-corrected chi connectivity index (χ1v) is 32.2. The zero-order valence-corrected chi connectivity index (χ0v) is 53.2. The molecule has 0 aliphatic carbocycles. The molecule has 0 spiro atoms. The fourth-order valence-corrected chi connectivity index (χ4v) is 14.5. The maximum Gasteiger partial charge on any atom is 1.00 e. The molecule has 370 valence electrons. The predicted molar refractivity (Wildman–Crippen MR) is 266 cm³/mol.